The SMILES string of the molecule is CO[C@@H]1[C@@H](O[C@@H]2O[C@H](C)[C@@H](O[C@H]3C[C@@](C)(O)[C@@H](OC(=O)CC(C)C)[C@H](C)O3)[C@H](N(C)C)[C@H]2OP(=O)(O)O)[C@@H](CC=O)C[C@@H](C)[C@@H](O)/C=C/C=C/C[C@@H](C)OC(=O)C[C@H]1OC(C)=O. The molecule has 356 valence electrons. The maximum absolute atomic E-state index is 13.3. The summed E-state index contributed by atoms with van der Waals surface area (Å²) < 4.78 is 66.8. The summed E-state index contributed by atoms with van der Waals surface area (Å²) in [7, 11) is -0.834. The molecule has 2 fully saturated rings. The van der Waals surface area contributed by atoms with Crippen molar-refractivity contribution in [2.24, 2.45) is 17.8 Å². The summed E-state index contributed by atoms with van der Waals surface area (Å²) in [6, 6.07) is -1.07. The van der Waals surface area contributed by atoms with Gasteiger partial charge in [0.1, 0.15) is 42.4 Å². The number of allylic oxidation sites excluding steroid dienone is 2. The number of aliphatic hydroxyl groups is 2. The van der Waals surface area contributed by atoms with Gasteiger partial charge in [-0.15, -0.1) is 0 Å². The Bertz CT molecular complexity index is 1570. The van der Waals surface area contributed by atoms with Crippen LogP contribution in [0, 0.1) is 17.8 Å². The fourth-order valence-corrected chi connectivity index (χ4v) is 8.87. The largest absolute Gasteiger partial charge is 0.470 e. The normalized spacial score (nSPS) is 39.1. The Morgan fingerprint density at radius 2 is 1.69 bits per heavy atom. The number of cyclic esters (lactones) is 1. The molecule has 0 aromatic carbocycles. The van der Waals surface area contributed by atoms with Gasteiger partial charge >= 0.3 is 25.7 Å². The molecule has 3 heterocycles. The van der Waals surface area contributed by atoms with Crippen LogP contribution in [0.15, 0.2) is 24.3 Å². The van der Waals surface area contributed by atoms with E-state index in [1.54, 1.807) is 71.0 Å². The van der Waals surface area contributed by atoms with Gasteiger partial charge in [-0.1, -0.05) is 45.1 Å². The smallest absolute Gasteiger partial charge is 0.462 e. The van der Waals surface area contributed by atoms with Gasteiger partial charge in [0.2, 0.25) is 0 Å². The molecule has 0 bridgehead atoms. The Balaban J connectivity index is 2.11. The fourth-order valence-electron chi connectivity index (χ4n) is 8.32. The first-order valence-corrected chi connectivity index (χ1v) is 22.7. The van der Waals surface area contributed by atoms with Crippen molar-refractivity contribution in [3.8, 4) is 0 Å². The second-order valence-electron chi connectivity index (χ2n) is 17.5. The minimum atomic E-state index is -5.35. The van der Waals surface area contributed by atoms with E-state index in [-0.39, 0.29) is 31.6 Å². The quantitative estimate of drug-likeness (QED) is 0.0845. The predicted molar refractivity (Wildman–Crippen MR) is 221 cm³/mol. The van der Waals surface area contributed by atoms with E-state index in [0.717, 1.165) is 6.92 Å². The summed E-state index contributed by atoms with van der Waals surface area (Å²) >= 11 is 0. The number of rotatable bonds is 14. The molecule has 19 nitrogen and oxygen atoms in total. The molecular weight excluding hydrogens is 837 g/mol. The summed E-state index contributed by atoms with van der Waals surface area (Å²) in [6.07, 6.45) is -6.86. The lowest BCUT2D eigenvalue weighted by molar-refractivity contribution is -0.342. The van der Waals surface area contributed by atoms with Gasteiger partial charge in [0.15, 0.2) is 18.7 Å². The van der Waals surface area contributed by atoms with E-state index in [2.05, 4.69) is 0 Å². The molecule has 3 aliphatic rings. The number of phosphoric ester groups is 1. The molecule has 0 aliphatic carbocycles. The highest BCUT2D eigenvalue weighted by molar-refractivity contribution is 7.46. The van der Waals surface area contributed by atoms with E-state index in [1.807, 2.05) is 13.8 Å². The van der Waals surface area contributed by atoms with Crippen molar-refractivity contribution in [3.05, 3.63) is 24.3 Å². The van der Waals surface area contributed by atoms with Crippen molar-refractivity contribution in [1.82, 2.24) is 4.90 Å². The van der Waals surface area contributed by atoms with E-state index < -0.39 is 129 Å². The molecule has 20 heteroatoms. The lowest BCUT2D eigenvalue weighted by atomic mass is 9.82. The van der Waals surface area contributed by atoms with Crippen LogP contribution in [0.25, 0.3) is 0 Å². The zero-order valence-corrected chi connectivity index (χ0v) is 38.7. The average Bonchev–Trinajstić information content (AvgIpc) is 3.12. The van der Waals surface area contributed by atoms with Crippen molar-refractivity contribution < 1.29 is 86.2 Å². The van der Waals surface area contributed by atoms with Crippen molar-refractivity contribution in [3.63, 3.8) is 0 Å². The van der Waals surface area contributed by atoms with Crippen LogP contribution >= 0.6 is 7.82 Å². The molecule has 0 aromatic heterocycles. The number of nitrogens with zero attached hydrogens (tertiary/aromatic N) is 1. The van der Waals surface area contributed by atoms with E-state index in [4.69, 9.17) is 42.4 Å². The zero-order chi connectivity index (χ0) is 46.7. The van der Waals surface area contributed by atoms with Gasteiger partial charge in [0.05, 0.1) is 36.9 Å². The number of carbonyl (C=O) groups is 4. The standard InChI is InChI=1S/C42H70NO18P/c1-23(2)19-32(47)58-40-27(6)55-34(22-42(40,8)49)59-36-26(5)56-41(39(35(36)43(9)10)61-62(50,51)52)60-37-29(17-18-44)20-24(3)30(46)16-14-12-13-15-25(4)54-33(48)21-31(38(37)53-11)57-28(7)45/h12-14,16,18,23-27,29-31,34-41,46,49H,15,17,19-22H2,1-11H3,(H2,50,51,52)/b13-12+,16-14+/t24-,25-,26-,27+,29+,30+,31-,34+,35+,36-,37+,38+,39-,40+,41+,42-/m1/s1. The van der Waals surface area contributed by atoms with Crippen LogP contribution in [0.4, 0.5) is 0 Å². The van der Waals surface area contributed by atoms with Crippen LogP contribution in [0.3, 0.4) is 0 Å². The molecule has 4 N–H and O–H groups in total. The number of ether oxygens (including phenoxy) is 8. The van der Waals surface area contributed by atoms with Crippen LogP contribution < -0.4 is 0 Å². The van der Waals surface area contributed by atoms with Gasteiger partial charge in [-0.05, 0) is 66.0 Å². The van der Waals surface area contributed by atoms with Gasteiger partial charge in [0, 0.05) is 39.7 Å². The average molecular weight is 908 g/mol. The summed E-state index contributed by atoms with van der Waals surface area (Å²) in [5, 5.41) is 22.7. The van der Waals surface area contributed by atoms with E-state index >= 15 is 0 Å². The lowest BCUT2D eigenvalue weighted by Crippen LogP contribution is -2.66. The Hall–Kier alpha value is -2.65. The molecule has 0 amide bonds. The maximum Gasteiger partial charge on any atom is 0.470 e. The molecule has 3 rings (SSSR count). The summed E-state index contributed by atoms with van der Waals surface area (Å²) in [5.74, 6) is -3.33. The molecule has 0 saturated carbocycles. The van der Waals surface area contributed by atoms with Crippen LogP contribution in [-0.2, 0) is 66.2 Å². The van der Waals surface area contributed by atoms with Gasteiger partial charge in [0.25, 0.3) is 0 Å². The van der Waals surface area contributed by atoms with Crippen LogP contribution in [0.5, 0.6) is 0 Å². The number of esters is 3. The highest BCUT2D eigenvalue weighted by Crippen LogP contribution is 2.45. The minimum Gasteiger partial charge on any atom is -0.462 e. The number of likely N-dealkylation sites (N-methyl/N-ethyl adjacent to an activating group) is 1. The van der Waals surface area contributed by atoms with E-state index in [0.29, 0.717) is 12.7 Å². The molecule has 0 aromatic rings. The number of methoxy groups -OCH3 is 1. The first-order chi connectivity index (χ1) is 28.9. The molecule has 2 saturated heterocycles. The third-order valence-corrected chi connectivity index (χ3v) is 11.7. The summed E-state index contributed by atoms with van der Waals surface area (Å²) in [4.78, 5) is 73.1. The van der Waals surface area contributed by atoms with Gasteiger partial charge in [-0.2, -0.15) is 0 Å². The van der Waals surface area contributed by atoms with Crippen molar-refractivity contribution >= 4 is 32.0 Å². The number of carbonyl (C=O) groups excluding carboxylic acids is 4. The topological polar surface area (TPSA) is 253 Å². The van der Waals surface area contributed by atoms with Crippen molar-refractivity contribution in [1.29, 1.82) is 0 Å². The Kier molecular flexibility index (Phi) is 20.8. The zero-order valence-electron chi connectivity index (χ0n) is 37.8. The van der Waals surface area contributed by atoms with Gasteiger partial charge in [-0.3, -0.25) is 18.9 Å². The third-order valence-electron chi connectivity index (χ3n) is 11.2. The molecule has 0 unspecified atom stereocenters. The molecular formula is C42H70NO18P. The highest BCUT2D eigenvalue weighted by atomic mass is 31.2. The minimum absolute atomic E-state index is 0.0232. The van der Waals surface area contributed by atoms with Crippen LogP contribution in [-0.4, -0.2) is 156 Å². The molecule has 62 heavy (non-hydrogen) atoms. The van der Waals surface area contributed by atoms with Crippen molar-refractivity contribution in [2.75, 3.05) is 21.2 Å². The van der Waals surface area contributed by atoms with Crippen LogP contribution in [0.2, 0.25) is 0 Å². The molecule has 3 aliphatic heterocycles. The van der Waals surface area contributed by atoms with Crippen molar-refractivity contribution in [2.45, 2.75) is 179 Å². The highest BCUT2D eigenvalue weighted by Gasteiger charge is 2.55. The fraction of sp³-hybridized carbons (Fsp3) is 0.810. The third kappa shape index (κ3) is 16.1. The Labute approximate surface area is 364 Å². The summed E-state index contributed by atoms with van der Waals surface area (Å²) in [6.45, 7) is 13.1. The van der Waals surface area contributed by atoms with E-state index in [9.17, 15) is 43.7 Å². The Morgan fingerprint density at radius 3 is 2.26 bits per heavy atom. The Morgan fingerprint density at radius 1 is 1.02 bits per heavy atom. The second kappa shape index (κ2) is 24.0. The number of aliphatic hydroxyl groups excluding tert-OH is 1. The first kappa shape index (κ1) is 53.7. The molecule has 0 radical (unpaired) electrons. The van der Waals surface area contributed by atoms with E-state index in [1.165, 1.54) is 14.0 Å². The monoisotopic (exact) mass is 907 g/mol. The van der Waals surface area contributed by atoms with Gasteiger partial charge in [-0.25, -0.2) is 4.57 Å². The maximum atomic E-state index is 13.3. The molecule has 0 spiro atoms. The van der Waals surface area contributed by atoms with Crippen LogP contribution in [0.1, 0.15) is 93.9 Å². The lowest BCUT2D eigenvalue weighted by Gasteiger charge is -2.51. The summed E-state index contributed by atoms with van der Waals surface area (Å²) in [5.41, 5.74) is -1.61. The predicted octanol–water partition coefficient (Wildman–Crippen LogP) is 3.13. The molecule has 16 atom stereocenters. The number of hydrogen-bond acceptors (Lipinski definition) is 17. The second-order valence-corrected chi connectivity index (χ2v) is 18.7. The first-order valence-electron chi connectivity index (χ1n) is 21.2. The number of aldehydes is 1. The number of hydrogen-bond donors (Lipinski definition) is 4. The number of phosphoric acid groups is 1. The van der Waals surface area contributed by atoms with Gasteiger partial charge < -0.3 is 67.6 Å².